The van der Waals surface area contributed by atoms with Gasteiger partial charge in [-0.25, -0.2) is 0 Å². The first-order valence-corrected chi connectivity index (χ1v) is 11.4. The molecule has 4 N–H and O–H groups in total. The van der Waals surface area contributed by atoms with Crippen LogP contribution in [0.1, 0.15) is 78.6 Å². The number of aliphatic hydroxyl groups excluding tert-OH is 2. The van der Waals surface area contributed by atoms with E-state index in [9.17, 15) is 10.2 Å². The lowest BCUT2D eigenvalue weighted by Crippen LogP contribution is -2.58. The highest BCUT2D eigenvalue weighted by molar-refractivity contribution is 5.11. The maximum Gasteiger partial charge on any atom is 0.0577 e. The average molecular weight is 364 g/mol. The van der Waals surface area contributed by atoms with Gasteiger partial charge >= 0.3 is 0 Å². The molecule has 4 aliphatic rings. The second-order valence-electron chi connectivity index (χ2n) is 11.0. The summed E-state index contributed by atoms with van der Waals surface area (Å²) in [5.74, 6) is 3.83. The van der Waals surface area contributed by atoms with Gasteiger partial charge in [-0.1, -0.05) is 20.8 Å². The third kappa shape index (κ3) is 2.71. The molecular formula is C23H41NO2. The summed E-state index contributed by atoms with van der Waals surface area (Å²) in [5.41, 5.74) is 6.61. The summed E-state index contributed by atoms with van der Waals surface area (Å²) in [6, 6.07) is 0. The number of aliphatic hydroxyl groups is 2. The molecule has 0 saturated heterocycles. The van der Waals surface area contributed by atoms with Crippen molar-refractivity contribution < 1.29 is 10.2 Å². The fourth-order valence-corrected chi connectivity index (χ4v) is 8.64. The van der Waals surface area contributed by atoms with Gasteiger partial charge in [0.2, 0.25) is 0 Å². The lowest BCUT2D eigenvalue weighted by Gasteiger charge is -2.62. The summed E-state index contributed by atoms with van der Waals surface area (Å²) in [6.45, 7) is 8.26. The van der Waals surface area contributed by atoms with Gasteiger partial charge in [0.15, 0.2) is 0 Å². The van der Waals surface area contributed by atoms with Gasteiger partial charge in [0.1, 0.15) is 0 Å². The second kappa shape index (κ2) is 6.74. The molecule has 0 aromatic heterocycles. The van der Waals surface area contributed by atoms with Crippen molar-refractivity contribution in [1.82, 2.24) is 0 Å². The van der Waals surface area contributed by atoms with Crippen molar-refractivity contribution in [3.8, 4) is 0 Å². The van der Waals surface area contributed by atoms with Gasteiger partial charge in [0, 0.05) is 0 Å². The van der Waals surface area contributed by atoms with Gasteiger partial charge < -0.3 is 15.9 Å². The Morgan fingerprint density at radius 2 is 1.65 bits per heavy atom. The van der Waals surface area contributed by atoms with E-state index in [0.717, 1.165) is 44.6 Å². The summed E-state index contributed by atoms with van der Waals surface area (Å²) in [7, 11) is 0. The first-order valence-electron chi connectivity index (χ1n) is 11.4. The minimum Gasteiger partial charge on any atom is -0.393 e. The maximum absolute atomic E-state index is 11.2. The van der Waals surface area contributed by atoms with Crippen LogP contribution in [0.4, 0.5) is 0 Å². The Bertz CT molecular complexity index is 524. The summed E-state index contributed by atoms with van der Waals surface area (Å²) >= 11 is 0. The third-order valence-electron chi connectivity index (χ3n) is 10.0. The molecular weight excluding hydrogens is 322 g/mol. The molecule has 4 rings (SSSR count). The minimum atomic E-state index is -0.156. The number of nitrogens with two attached hydrogens (primary N) is 1. The summed E-state index contributed by atoms with van der Waals surface area (Å²) in [4.78, 5) is 0. The maximum atomic E-state index is 11.2. The first-order chi connectivity index (χ1) is 12.3. The van der Waals surface area contributed by atoms with Crippen LogP contribution in [0.25, 0.3) is 0 Å². The average Bonchev–Trinajstić information content (AvgIpc) is 2.94. The molecule has 0 aliphatic heterocycles. The lowest BCUT2D eigenvalue weighted by molar-refractivity contribution is -0.174. The van der Waals surface area contributed by atoms with Crippen LogP contribution in [0.2, 0.25) is 0 Å². The van der Waals surface area contributed by atoms with Crippen molar-refractivity contribution in [3.05, 3.63) is 0 Å². The molecule has 0 radical (unpaired) electrons. The molecule has 26 heavy (non-hydrogen) atoms. The normalized spacial score (nSPS) is 54.9. The van der Waals surface area contributed by atoms with Crippen LogP contribution in [0.15, 0.2) is 0 Å². The zero-order valence-corrected chi connectivity index (χ0v) is 17.2. The predicted octanol–water partition coefficient (Wildman–Crippen LogP) is 3.96. The Kier molecular flexibility index (Phi) is 4.98. The second-order valence-corrected chi connectivity index (χ2v) is 11.0. The Balaban J connectivity index is 1.61. The Morgan fingerprint density at radius 1 is 0.962 bits per heavy atom. The molecule has 4 unspecified atom stereocenters. The van der Waals surface area contributed by atoms with Gasteiger partial charge in [0.25, 0.3) is 0 Å². The summed E-state index contributed by atoms with van der Waals surface area (Å²) in [5, 5.41) is 21.4. The van der Waals surface area contributed by atoms with Crippen LogP contribution in [0.5, 0.6) is 0 Å². The molecule has 0 aromatic rings. The SMILES string of the molecule is C[C@H](CCN)C1CCC2C3C(CC[C@@]21C)[C@@]1(C)CC[C@@H](O)C[C@H]1C[C@H]3O. The highest BCUT2D eigenvalue weighted by Gasteiger charge is 2.62. The van der Waals surface area contributed by atoms with E-state index in [1.54, 1.807) is 0 Å². The van der Waals surface area contributed by atoms with E-state index < -0.39 is 0 Å². The van der Waals surface area contributed by atoms with Gasteiger partial charge in [0.05, 0.1) is 12.2 Å². The molecule has 10 atom stereocenters. The van der Waals surface area contributed by atoms with Crippen molar-refractivity contribution >= 4 is 0 Å². The number of hydrogen-bond acceptors (Lipinski definition) is 3. The standard InChI is InChI=1S/C23H41NO2/c1-14(8-11-24)17-4-5-18-21-19(7-10-23(17,18)3)22(2)9-6-16(25)12-15(22)13-20(21)26/h14-21,25-26H,4-13,24H2,1-3H3/t14-,15+,16-,17?,18?,19?,20-,21?,22+,23-/m1/s1. The molecule has 3 nitrogen and oxygen atoms in total. The largest absolute Gasteiger partial charge is 0.393 e. The number of fused-ring (bicyclic) bond motifs is 5. The topological polar surface area (TPSA) is 66.5 Å². The molecule has 4 fully saturated rings. The molecule has 3 heteroatoms. The van der Waals surface area contributed by atoms with Crippen molar-refractivity contribution in [3.63, 3.8) is 0 Å². The third-order valence-corrected chi connectivity index (χ3v) is 10.0. The van der Waals surface area contributed by atoms with E-state index >= 15 is 0 Å². The summed E-state index contributed by atoms with van der Waals surface area (Å²) < 4.78 is 0. The predicted molar refractivity (Wildman–Crippen MR) is 105 cm³/mol. The van der Waals surface area contributed by atoms with E-state index in [2.05, 4.69) is 20.8 Å². The molecule has 0 spiro atoms. The quantitative estimate of drug-likeness (QED) is 0.711. The zero-order chi connectivity index (χ0) is 18.7. The van der Waals surface area contributed by atoms with E-state index in [-0.39, 0.29) is 12.2 Å². The first kappa shape index (κ1) is 19.2. The molecule has 0 heterocycles. The lowest BCUT2D eigenvalue weighted by atomic mass is 9.43. The van der Waals surface area contributed by atoms with Crippen molar-refractivity contribution in [2.45, 2.75) is 90.8 Å². The Hall–Kier alpha value is -0.120. The molecule has 150 valence electrons. The van der Waals surface area contributed by atoms with E-state index in [1.165, 1.54) is 25.7 Å². The van der Waals surface area contributed by atoms with Crippen molar-refractivity contribution in [1.29, 1.82) is 0 Å². The molecule has 0 bridgehead atoms. The van der Waals surface area contributed by atoms with Crippen molar-refractivity contribution in [2.24, 2.45) is 52.1 Å². The zero-order valence-electron chi connectivity index (χ0n) is 17.2. The van der Waals surface area contributed by atoms with Gasteiger partial charge in [-0.15, -0.1) is 0 Å². The van der Waals surface area contributed by atoms with Crippen LogP contribution in [-0.4, -0.2) is 29.0 Å². The fraction of sp³-hybridized carbons (Fsp3) is 1.00. The van der Waals surface area contributed by atoms with E-state index in [0.29, 0.717) is 40.4 Å². The van der Waals surface area contributed by atoms with Gasteiger partial charge in [-0.3, -0.25) is 0 Å². The van der Waals surface area contributed by atoms with Crippen LogP contribution in [0, 0.1) is 46.3 Å². The molecule has 4 aliphatic carbocycles. The smallest absolute Gasteiger partial charge is 0.0577 e. The molecule has 0 aromatic carbocycles. The molecule has 4 saturated carbocycles. The number of rotatable bonds is 3. The van der Waals surface area contributed by atoms with Crippen LogP contribution in [-0.2, 0) is 0 Å². The Morgan fingerprint density at radius 3 is 2.38 bits per heavy atom. The Labute approximate surface area is 160 Å². The minimum absolute atomic E-state index is 0.140. The highest BCUT2D eigenvalue weighted by atomic mass is 16.3. The molecule has 0 amide bonds. The fourth-order valence-electron chi connectivity index (χ4n) is 8.64. The van der Waals surface area contributed by atoms with E-state index in [4.69, 9.17) is 5.73 Å². The van der Waals surface area contributed by atoms with Gasteiger partial charge in [-0.05, 0) is 111 Å². The highest BCUT2D eigenvalue weighted by Crippen LogP contribution is 2.68. The summed E-state index contributed by atoms with van der Waals surface area (Å²) in [6.07, 6.45) is 10.0. The van der Waals surface area contributed by atoms with Crippen molar-refractivity contribution in [2.75, 3.05) is 6.54 Å². The monoisotopic (exact) mass is 363 g/mol. The van der Waals surface area contributed by atoms with E-state index in [1.807, 2.05) is 0 Å². The van der Waals surface area contributed by atoms with Crippen LogP contribution >= 0.6 is 0 Å². The van der Waals surface area contributed by atoms with Gasteiger partial charge in [-0.2, -0.15) is 0 Å². The van der Waals surface area contributed by atoms with Crippen LogP contribution < -0.4 is 5.73 Å². The number of hydrogen-bond donors (Lipinski definition) is 3. The van der Waals surface area contributed by atoms with Crippen LogP contribution in [0.3, 0.4) is 0 Å².